The monoisotopic (exact) mass is 1000 g/mol. The Morgan fingerprint density at radius 1 is 0.455 bits per heavy atom. The standard InChI is InChI=1S/C74H54N2S/c1-47-17-2-4-20-53(47)54-21-5-6-24-61(54)73-62-43-48(34-38-55(62)56-40-37-52(45-63(56)73)76-69-28-12-14-30-71(69)77-72-31-15-13-29-70(72)76)32-33-49-35-39-59-60-41-36-51(75-42-16-19-50-18-3-11-27-68(50)75)46-67(60)74(66(59)44-49)64-25-9-7-22-57(64)58-23-8-10-26-65(58)74/h2-15,17-18,20-41,43-46,57,64,73H,16,19,42H2,1H3/b33-32+. The molecule has 0 N–H and O–H groups in total. The van der Waals surface area contributed by atoms with E-state index >= 15 is 0 Å². The third-order valence-corrected chi connectivity index (χ3v) is 19.0. The molecular formula is C74H54N2S. The summed E-state index contributed by atoms with van der Waals surface area (Å²) in [4.78, 5) is 7.58. The van der Waals surface area contributed by atoms with Crippen LogP contribution in [0.3, 0.4) is 0 Å². The predicted octanol–water partition coefficient (Wildman–Crippen LogP) is 19.2. The molecule has 0 amide bonds. The van der Waals surface area contributed by atoms with Crippen LogP contribution in [0.2, 0.25) is 0 Å². The molecule has 2 heterocycles. The summed E-state index contributed by atoms with van der Waals surface area (Å²) in [5.41, 5.74) is 28.6. The summed E-state index contributed by atoms with van der Waals surface area (Å²) >= 11 is 1.86. The number of hydrogen-bond acceptors (Lipinski definition) is 3. The van der Waals surface area contributed by atoms with E-state index in [-0.39, 0.29) is 17.3 Å². The predicted molar refractivity (Wildman–Crippen MR) is 322 cm³/mol. The Hall–Kier alpha value is -8.63. The van der Waals surface area contributed by atoms with E-state index in [4.69, 9.17) is 0 Å². The molecule has 10 aromatic rings. The van der Waals surface area contributed by atoms with Crippen LogP contribution in [-0.4, -0.2) is 6.54 Å². The van der Waals surface area contributed by atoms with Crippen molar-refractivity contribution >= 4 is 52.4 Å². The molecule has 0 aromatic heterocycles. The Kier molecular flexibility index (Phi) is 10.1. The molecule has 4 atom stereocenters. The van der Waals surface area contributed by atoms with E-state index in [1.807, 2.05) is 11.8 Å². The molecule has 4 unspecified atom stereocenters. The third kappa shape index (κ3) is 6.69. The number of para-hydroxylation sites is 3. The fraction of sp³-hybridized carbons (Fsp3) is 0.108. The van der Waals surface area contributed by atoms with Crippen LogP contribution in [0.5, 0.6) is 0 Å². The average Bonchev–Trinajstić information content (AvgIpc) is 4.16. The summed E-state index contributed by atoms with van der Waals surface area (Å²) in [6, 6.07) is 83.1. The van der Waals surface area contributed by atoms with Gasteiger partial charge in [-0.25, -0.2) is 0 Å². The van der Waals surface area contributed by atoms with Gasteiger partial charge in [-0.2, -0.15) is 0 Å². The van der Waals surface area contributed by atoms with Crippen molar-refractivity contribution in [3.05, 3.63) is 304 Å². The molecule has 10 aromatic carbocycles. The number of nitrogens with zero attached hydrogens (tertiary/aromatic N) is 2. The molecule has 4 aliphatic carbocycles. The highest BCUT2D eigenvalue weighted by Crippen LogP contribution is 2.66. The lowest BCUT2D eigenvalue weighted by Crippen LogP contribution is -2.33. The maximum atomic E-state index is 2.57. The van der Waals surface area contributed by atoms with Crippen LogP contribution in [0.1, 0.15) is 79.5 Å². The van der Waals surface area contributed by atoms with E-state index in [1.54, 1.807) is 0 Å². The van der Waals surface area contributed by atoms with E-state index in [2.05, 4.69) is 272 Å². The Morgan fingerprint density at radius 3 is 1.84 bits per heavy atom. The fourth-order valence-electron chi connectivity index (χ4n) is 14.6. The molecule has 0 bridgehead atoms. The summed E-state index contributed by atoms with van der Waals surface area (Å²) in [5.74, 6) is 0.572. The SMILES string of the molecule is Cc1ccccc1-c1ccccc1C1c2cc(/C=C/c3ccc4c(c3)C3(c5cc(N6CCCc7ccccc76)ccc5-4)c4ccccc4C4C=CC=CC43)ccc2-c2ccc(N3c4ccccc4Sc4ccccc43)cc21. The molecule has 0 radical (unpaired) electrons. The van der Waals surface area contributed by atoms with E-state index < -0.39 is 0 Å². The summed E-state index contributed by atoms with van der Waals surface area (Å²) in [7, 11) is 0. The molecule has 3 heteroatoms. The molecule has 0 saturated carbocycles. The van der Waals surface area contributed by atoms with Crippen LogP contribution in [0.15, 0.2) is 252 Å². The Morgan fingerprint density at radius 2 is 1.04 bits per heavy atom. The minimum absolute atomic E-state index is 0.0170. The van der Waals surface area contributed by atoms with Gasteiger partial charge in [0.15, 0.2) is 0 Å². The fourth-order valence-corrected chi connectivity index (χ4v) is 15.7. The lowest BCUT2D eigenvalue weighted by Gasteiger charge is -2.37. The van der Waals surface area contributed by atoms with E-state index in [9.17, 15) is 0 Å². The van der Waals surface area contributed by atoms with Gasteiger partial charge in [0, 0.05) is 51.2 Å². The highest BCUT2D eigenvalue weighted by molar-refractivity contribution is 7.99. The van der Waals surface area contributed by atoms with Crippen LogP contribution >= 0.6 is 11.8 Å². The largest absolute Gasteiger partial charge is 0.341 e. The number of rotatable bonds is 6. The van der Waals surface area contributed by atoms with Crippen LogP contribution < -0.4 is 9.80 Å². The summed E-state index contributed by atoms with van der Waals surface area (Å²) in [6.45, 7) is 3.26. The van der Waals surface area contributed by atoms with E-state index in [1.165, 1.54) is 133 Å². The van der Waals surface area contributed by atoms with Gasteiger partial charge in [0.1, 0.15) is 0 Å². The third-order valence-electron chi connectivity index (χ3n) is 17.9. The van der Waals surface area contributed by atoms with Crippen LogP contribution in [0, 0.1) is 12.8 Å². The first-order chi connectivity index (χ1) is 38.1. The molecule has 2 nitrogen and oxygen atoms in total. The van der Waals surface area contributed by atoms with Crippen LogP contribution in [0.25, 0.3) is 45.5 Å². The van der Waals surface area contributed by atoms with Crippen molar-refractivity contribution in [2.24, 2.45) is 5.92 Å². The highest BCUT2D eigenvalue weighted by Gasteiger charge is 2.57. The average molecular weight is 1000 g/mol. The number of aryl methyl sites for hydroxylation is 2. The molecule has 366 valence electrons. The molecule has 2 aliphatic heterocycles. The molecule has 77 heavy (non-hydrogen) atoms. The number of anilines is 5. The number of hydrogen-bond donors (Lipinski definition) is 0. The maximum absolute atomic E-state index is 2.57. The van der Waals surface area contributed by atoms with Gasteiger partial charge < -0.3 is 9.80 Å². The quantitative estimate of drug-likeness (QED) is 0.153. The second kappa shape index (κ2) is 17.5. The van der Waals surface area contributed by atoms with Crippen molar-refractivity contribution < 1.29 is 0 Å². The molecule has 0 saturated heterocycles. The highest BCUT2D eigenvalue weighted by atomic mass is 32.2. The van der Waals surface area contributed by atoms with Gasteiger partial charge in [-0.1, -0.05) is 206 Å². The lowest BCUT2D eigenvalue weighted by atomic mass is 9.65. The minimum Gasteiger partial charge on any atom is -0.341 e. The topological polar surface area (TPSA) is 6.48 Å². The Labute approximate surface area is 456 Å². The van der Waals surface area contributed by atoms with Gasteiger partial charge in [0.2, 0.25) is 0 Å². The molecule has 16 rings (SSSR count). The van der Waals surface area contributed by atoms with Crippen molar-refractivity contribution in [2.75, 3.05) is 16.3 Å². The van der Waals surface area contributed by atoms with Crippen LogP contribution in [0.4, 0.5) is 28.4 Å². The van der Waals surface area contributed by atoms with Gasteiger partial charge >= 0.3 is 0 Å². The zero-order valence-electron chi connectivity index (χ0n) is 42.9. The van der Waals surface area contributed by atoms with Gasteiger partial charge in [-0.05, 0) is 175 Å². The summed E-state index contributed by atoms with van der Waals surface area (Å²) in [5, 5.41) is 0. The molecule has 0 fully saturated rings. The minimum atomic E-state index is -0.338. The van der Waals surface area contributed by atoms with Crippen LogP contribution in [-0.2, 0) is 11.8 Å². The lowest BCUT2D eigenvalue weighted by molar-refractivity contribution is 0.465. The zero-order chi connectivity index (χ0) is 50.8. The summed E-state index contributed by atoms with van der Waals surface area (Å²) in [6.07, 6.45) is 16.5. The van der Waals surface area contributed by atoms with E-state index in [0.29, 0.717) is 5.92 Å². The van der Waals surface area contributed by atoms with Gasteiger partial charge in [-0.15, -0.1) is 0 Å². The number of benzene rings is 10. The second-order valence-electron chi connectivity index (χ2n) is 21.8. The van der Waals surface area contributed by atoms with Crippen molar-refractivity contribution in [3.8, 4) is 33.4 Å². The number of fused-ring (bicyclic) bond motifs is 16. The first-order valence-corrected chi connectivity index (χ1v) is 28.3. The summed E-state index contributed by atoms with van der Waals surface area (Å²) < 4.78 is 0. The normalized spacial score (nSPS) is 19.5. The number of allylic oxidation sites excluding steroid dienone is 4. The molecule has 1 spiro atoms. The van der Waals surface area contributed by atoms with Gasteiger partial charge in [0.25, 0.3) is 0 Å². The second-order valence-corrected chi connectivity index (χ2v) is 22.9. The van der Waals surface area contributed by atoms with Crippen molar-refractivity contribution in [2.45, 2.75) is 46.8 Å². The van der Waals surface area contributed by atoms with Gasteiger partial charge in [0.05, 0.1) is 16.8 Å². The molecular weight excluding hydrogens is 949 g/mol. The maximum Gasteiger partial charge on any atom is 0.0601 e. The Bertz CT molecular complexity index is 4150. The first-order valence-electron chi connectivity index (χ1n) is 27.5. The van der Waals surface area contributed by atoms with E-state index in [0.717, 1.165) is 19.4 Å². The molecule has 6 aliphatic rings. The van der Waals surface area contributed by atoms with Crippen molar-refractivity contribution in [1.82, 2.24) is 0 Å². The smallest absolute Gasteiger partial charge is 0.0601 e. The zero-order valence-corrected chi connectivity index (χ0v) is 43.7. The van der Waals surface area contributed by atoms with Gasteiger partial charge in [-0.3, -0.25) is 0 Å². The Balaban J connectivity index is 0.824. The van der Waals surface area contributed by atoms with Crippen molar-refractivity contribution in [1.29, 1.82) is 0 Å². The van der Waals surface area contributed by atoms with Crippen molar-refractivity contribution in [3.63, 3.8) is 0 Å². The first kappa shape index (κ1) is 44.6.